The smallest absolute Gasteiger partial charge is 0.373 e. The number of rotatable bonds is 4. The highest BCUT2D eigenvalue weighted by Crippen LogP contribution is 2.33. The molecule has 0 spiro atoms. The van der Waals surface area contributed by atoms with Crippen molar-refractivity contribution in [2.45, 2.75) is 19.1 Å². The molecule has 0 bridgehead atoms. The number of aromatic nitrogens is 1. The molecule has 108 valence electrons. The number of thiophene rings is 1. The lowest BCUT2D eigenvalue weighted by molar-refractivity contribution is -0.137. The van der Waals surface area contributed by atoms with E-state index < -0.39 is 11.7 Å². The first-order valence-electron chi connectivity index (χ1n) is 5.97. The molecule has 0 saturated heterocycles. The van der Waals surface area contributed by atoms with Crippen molar-refractivity contribution in [3.8, 4) is 0 Å². The average Bonchev–Trinajstić information content (AvgIpc) is 2.91. The van der Waals surface area contributed by atoms with Gasteiger partial charge in [-0.3, -0.25) is 0 Å². The van der Waals surface area contributed by atoms with Gasteiger partial charge in [0.15, 0.2) is 0 Å². The number of alkyl halides is 3. The summed E-state index contributed by atoms with van der Waals surface area (Å²) in [5.74, 6) is 0.380. The van der Waals surface area contributed by atoms with Crippen LogP contribution in [0.2, 0.25) is 0 Å². The molecule has 0 radical (unpaired) electrons. The molecule has 7 heteroatoms. The molecule has 1 unspecified atom stereocenters. The number of hydrogen-bond acceptors (Lipinski definition) is 4. The van der Waals surface area contributed by atoms with Crippen LogP contribution in [0.1, 0.15) is 23.4 Å². The third kappa shape index (κ3) is 3.41. The van der Waals surface area contributed by atoms with Crippen LogP contribution in [0.25, 0.3) is 0 Å². The zero-order chi connectivity index (χ0) is 14.8. The first-order valence-corrected chi connectivity index (χ1v) is 6.85. The van der Waals surface area contributed by atoms with E-state index in [0.29, 0.717) is 0 Å². The summed E-state index contributed by atoms with van der Waals surface area (Å²) in [6.45, 7) is 1.88. The summed E-state index contributed by atoms with van der Waals surface area (Å²) in [5, 5.41) is 7.55. The van der Waals surface area contributed by atoms with Crippen LogP contribution < -0.4 is 10.6 Å². The molecule has 0 aliphatic rings. The number of anilines is 2. The van der Waals surface area contributed by atoms with E-state index in [1.165, 1.54) is 7.05 Å². The number of nitrogens with zero attached hydrogens (tertiary/aromatic N) is 1. The molecule has 0 fully saturated rings. The second-order valence-corrected chi connectivity index (χ2v) is 5.23. The van der Waals surface area contributed by atoms with Crippen molar-refractivity contribution in [2.24, 2.45) is 0 Å². The predicted octanol–water partition coefficient (Wildman–Crippen LogP) is 4.38. The van der Waals surface area contributed by atoms with Crippen LogP contribution in [-0.2, 0) is 6.18 Å². The van der Waals surface area contributed by atoms with Crippen molar-refractivity contribution < 1.29 is 13.2 Å². The Morgan fingerprint density at radius 2 is 1.95 bits per heavy atom. The Hall–Kier alpha value is -1.76. The fraction of sp³-hybridized carbons (Fsp3) is 0.308. The zero-order valence-corrected chi connectivity index (χ0v) is 11.8. The third-order valence-electron chi connectivity index (χ3n) is 2.74. The van der Waals surface area contributed by atoms with Crippen molar-refractivity contribution in [1.29, 1.82) is 0 Å². The molecule has 0 aliphatic carbocycles. The van der Waals surface area contributed by atoms with Gasteiger partial charge >= 0.3 is 6.18 Å². The molecule has 0 amide bonds. The van der Waals surface area contributed by atoms with Crippen LogP contribution in [0.3, 0.4) is 0 Å². The number of pyridine rings is 1. The van der Waals surface area contributed by atoms with Crippen molar-refractivity contribution in [2.75, 3.05) is 17.7 Å². The topological polar surface area (TPSA) is 37.0 Å². The Morgan fingerprint density at radius 3 is 2.50 bits per heavy atom. The van der Waals surface area contributed by atoms with Gasteiger partial charge < -0.3 is 10.6 Å². The maximum absolute atomic E-state index is 12.8. The second kappa shape index (κ2) is 5.70. The van der Waals surface area contributed by atoms with E-state index >= 15 is 0 Å². The molecule has 20 heavy (non-hydrogen) atoms. The second-order valence-electron chi connectivity index (χ2n) is 4.26. The Kier molecular flexibility index (Phi) is 4.17. The zero-order valence-electron chi connectivity index (χ0n) is 11.0. The van der Waals surface area contributed by atoms with E-state index in [1.807, 2.05) is 24.4 Å². The van der Waals surface area contributed by atoms with Gasteiger partial charge in [-0.25, -0.2) is 4.98 Å². The molecule has 2 heterocycles. The first kappa shape index (κ1) is 14.6. The van der Waals surface area contributed by atoms with Crippen LogP contribution >= 0.6 is 11.3 Å². The minimum atomic E-state index is -4.39. The summed E-state index contributed by atoms with van der Waals surface area (Å²) in [7, 11) is 1.54. The summed E-state index contributed by atoms with van der Waals surface area (Å²) in [6, 6.07) is 5.73. The predicted molar refractivity (Wildman–Crippen MR) is 75.1 cm³/mol. The van der Waals surface area contributed by atoms with Gasteiger partial charge in [0.1, 0.15) is 11.6 Å². The number of nitrogens with one attached hydrogen (secondary N) is 2. The van der Waals surface area contributed by atoms with Gasteiger partial charge in [0.05, 0.1) is 11.6 Å². The maximum Gasteiger partial charge on any atom is 0.416 e. The minimum Gasteiger partial charge on any atom is -0.373 e. The highest BCUT2D eigenvalue weighted by atomic mass is 32.1. The summed E-state index contributed by atoms with van der Waals surface area (Å²) in [6.07, 6.45) is -4.39. The first-order chi connectivity index (χ1) is 9.40. The van der Waals surface area contributed by atoms with Crippen LogP contribution in [0, 0.1) is 0 Å². The lowest BCUT2D eigenvalue weighted by Crippen LogP contribution is -2.11. The van der Waals surface area contributed by atoms with Crippen LogP contribution in [-0.4, -0.2) is 12.0 Å². The van der Waals surface area contributed by atoms with Gasteiger partial charge in [-0.2, -0.15) is 13.2 Å². The number of hydrogen-bond donors (Lipinski definition) is 2. The lowest BCUT2D eigenvalue weighted by atomic mass is 10.2. The van der Waals surface area contributed by atoms with E-state index in [2.05, 4.69) is 15.6 Å². The standard InChI is InChI=1S/C13H14F3N3S/c1-8(10-4-3-5-20-10)18-12-7-9(13(14,15)16)6-11(17-2)19-12/h3-8H,1-2H3,(H2,17,18,19). The Balaban J connectivity index is 2.27. The molecule has 2 aromatic rings. The Morgan fingerprint density at radius 1 is 1.25 bits per heavy atom. The quantitative estimate of drug-likeness (QED) is 0.880. The van der Waals surface area contributed by atoms with Gasteiger partial charge in [-0.15, -0.1) is 11.3 Å². The molecule has 0 saturated carbocycles. The minimum absolute atomic E-state index is 0.101. The highest BCUT2D eigenvalue weighted by molar-refractivity contribution is 7.10. The van der Waals surface area contributed by atoms with E-state index in [4.69, 9.17) is 0 Å². The van der Waals surface area contributed by atoms with Crippen molar-refractivity contribution in [3.63, 3.8) is 0 Å². The van der Waals surface area contributed by atoms with Crippen molar-refractivity contribution >= 4 is 23.0 Å². The van der Waals surface area contributed by atoms with Crippen LogP contribution in [0.15, 0.2) is 29.6 Å². The van der Waals surface area contributed by atoms with Crippen molar-refractivity contribution in [3.05, 3.63) is 40.1 Å². The number of halogens is 3. The van der Waals surface area contributed by atoms with Crippen LogP contribution in [0.5, 0.6) is 0 Å². The van der Waals surface area contributed by atoms with Gasteiger partial charge in [0, 0.05) is 11.9 Å². The summed E-state index contributed by atoms with van der Waals surface area (Å²) in [5.41, 5.74) is -0.724. The van der Waals surface area contributed by atoms with Gasteiger partial charge in [-0.05, 0) is 30.5 Å². The Bertz CT molecular complexity index is 567. The monoisotopic (exact) mass is 301 g/mol. The third-order valence-corrected chi connectivity index (χ3v) is 3.80. The molecule has 2 N–H and O–H groups in total. The van der Waals surface area contributed by atoms with Gasteiger partial charge in [0.25, 0.3) is 0 Å². The van der Waals surface area contributed by atoms with E-state index in [-0.39, 0.29) is 17.7 Å². The van der Waals surface area contributed by atoms with E-state index in [0.717, 1.165) is 17.0 Å². The molecule has 1 atom stereocenters. The Labute approximate surface area is 118 Å². The molecule has 0 aliphatic heterocycles. The normalized spacial score (nSPS) is 13.1. The fourth-order valence-corrected chi connectivity index (χ4v) is 2.46. The van der Waals surface area contributed by atoms with Crippen LogP contribution in [0.4, 0.5) is 24.8 Å². The van der Waals surface area contributed by atoms with E-state index in [9.17, 15) is 13.2 Å². The van der Waals surface area contributed by atoms with Gasteiger partial charge in [-0.1, -0.05) is 6.07 Å². The summed E-state index contributed by atoms with van der Waals surface area (Å²) >= 11 is 1.54. The summed E-state index contributed by atoms with van der Waals surface area (Å²) in [4.78, 5) is 5.13. The highest BCUT2D eigenvalue weighted by Gasteiger charge is 2.31. The molecule has 0 aromatic carbocycles. The summed E-state index contributed by atoms with van der Waals surface area (Å²) < 4.78 is 38.4. The lowest BCUT2D eigenvalue weighted by Gasteiger charge is -2.16. The van der Waals surface area contributed by atoms with Gasteiger partial charge in [0.2, 0.25) is 0 Å². The molecular weight excluding hydrogens is 287 g/mol. The fourth-order valence-electron chi connectivity index (χ4n) is 1.73. The van der Waals surface area contributed by atoms with Crippen molar-refractivity contribution in [1.82, 2.24) is 4.98 Å². The largest absolute Gasteiger partial charge is 0.416 e. The average molecular weight is 301 g/mol. The molecule has 2 rings (SSSR count). The molecular formula is C13H14F3N3S. The maximum atomic E-state index is 12.8. The molecule has 3 nitrogen and oxygen atoms in total. The van der Waals surface area contributed by atoms with E-state index in [1.54, 1.807) is 11.3 Å². The molecule has 2 aromatic heterocycles. The SMILES string of the molecule is CNc1cc(C(F)(F)F)cc(NC(C)c2cccs2)n1.